The third-order valence-corrected chi connectivity index (χ3v) is 6.29. The summed E-state index contributed by atoms with van der Waals surface area (Å²) in [5, 5.41) is 0. The first-order valence-corrected chi connectivity index (χ1v) is 8.85. The van der Waals surface area contributed by atoms with Gasteiger partial charge in [0.25, 0.3) is 0 Å². The van der Waals surface area contributed by atoms with Gasteiger partial charge in [0.2, 0.25) is 10.0 Å². The molecule has 0 bridgehead atoms. The summed E-state index contributed by atoms with van der Waals surface area (Å²) < 4.78 is 32.9. The van der Waals surface area contributed by atoms with Gasteiger partial charge < -0.3 is 10.5 Å². The van der Waals surface area contributed by atoms with Gasteiger partial charge in [0.15, 0.2) is 0 Å². The number of nitrogen functional groups attached to an aromatic ring is 1. The van der Waals surface area contributed by atoms with E-state index in [9.17, 15) is 8.42 Å². The quantitative estimate of drug-likeness (QED) is 0.815. The molecular weight excluding hydrogens is 344 g/mol. The fraction of sp³-hybridized carbons (Fsp3) is 0.538. The lowest BCUT2D eigenvalue weighted by molar-refractivity contribution is 0.0946. The molecule has 0 saturated carbocycles. The summed E-state index contributed by atoms with van der Waals surface area (Å²) in [6, 6.07) is 4.80. The number of sulfonamides is 1. The van der Waals surface area contributed by atoms with E-state index in [2.05, 4.69) is 15.9 Å². The lowest BCUT2D eigenvalue weighted by Gasteiger charge is -2.24. The summed E-state index contributed by atoms with van der Waals surface area (Å²) in [7, 11) is -3.57. The number of ether oxygens (including phenoxy) is 1. The normalized spacial score (nSPS) is 19.6. The maximum absolute atomic E-state index is 12.7. The van der Waals surface area contributed by atoms with Crippen LogP contribution in [0.5, 0.6) is 0 Å². The van der Waals surface area contributed by atoms with Crippen LogP contribution in [0, 0.1) is 0 Å². The monoisotopic (exact) mass is 362 g/mol. The zero-order valence-corrected chi connectivity index (χ0v) is 13.8. The van der Waals surface area contributed by atoms with Crippen LogP contribution in [-0.4, -0.2) is 38.5 Å². The number of rotatable bonds is 5. The Morgan fingerprint density at radius 3 is 2.85 bits per heavy atom. The van der Waals surface area contributed by atoms with Crippen molar-refractivity contribution in [3.8, 4) is 0 Å². The number of halogens is 1. The third-order valence-electron chi connectivity index (χ3n) is 3.36. The number of benzene rings is 1. The van der Waals surface area contributed by atoms with Crippen LogP contribution in [0.1, 0.15) is 19.8 Å². The topological polar surface area (TPSA) is 72.6 Å². The van der Waals surface area contributed by atoms with E-state index in [1.165, 1.54) is 10.4 Å². The number of likely N-dealkylation sites (N-methyl/N-ethyl adjacent to an activating group) is 1. The molecule has 1 atom stereocenters. The molecule has 2 N–H and O–H groups in total. The van der Waals surface area contributed by atoms with Crippen molar-refractivity contribution in [2.75, 3.05) is 25.4 Å². The Bertz CT molecular complexity index is 571. The van der Waals surface area contributed by atoms with Crippen molar-refractivity contribution in [3.63, 3.8) is 0 Å². The van der Waals surface area contributed by atoms with Crippen LogP contribution in [0.25, 0.3) is 0 Å². The fourth-order valence-electron chi connectivity index (χ4n) is 2.27. The number of nitrogens with two attached hydrogens (primary N) is 1. The van der Waals surface area contributed by atoms with Crippen LogP contribution >= 0.6 is 15.9 Å². The van der Waals surface area contributed by atoms with E-state index >= 15 is 0 Å². The highest BCUT2D eigenvalue weighted by molar-refractivity contribution is 9.10. The molecule has 112 valence electrons. The van der Waals surface area contributed by atoms with Crippen molar-refractivity contribution in [2.45, 2.75) is 30.8 Å². The smallest absolute Gasteiger partial charge is 0.244 e. The molecule has 5 nitrogen and oxygen atoms in total. The molecular formula is C13H19BrN2O3S. The van der Waals surface area contributed by atoms with Gasteiger partial charge in [0.1, 0.15) is 0 Å². The van der Waals surface area contributed by atoms with Crippen molar-refractivity contribution in [3.05, 3.63) is 22.7 Å². The molecule has 1 unspecified atom stereocenters. The minimum atomic E-state index is -3.57. The predicted octanol–water partition coefficient (Wildman–Crippen LogP) is 2.22. The maximum Gasteiger partial charge on any atom is 0.244 e. The van der Waals surface area contributed by atoms with Crippen LogP contribution in [0.15, 0.2) is 27.6 Å². The van der Waals surface area contributed by atoms with Crippen LogP contribution in [0.4, 0.5) is 5.69 Å². The summed E-state index contributed by atoms with van der Waals surface area (Å²) >= 11 is 3.28. The highest BCUT2D eigenvalue weighted by Crippen LogP contribution is 2.28. The molecule has 0 aliphatic carbocycles. The summed E-state index contributed by atoms with van der Waals surface area (Å²) in [6.45, 7) is 3.33. The zero-order chi connectivity index (χ0) is 14.8. The molecule has 1 aromatic carbocycles. The van der Waals surface area contributed by atoms with Crippen molar-refractivity contribution in [1.82, 2.24) is 4.31 Å². The molecule has 1 aliphatic rings. The average Bonchev–Trinajstić information content (AvgIpc) is 2.91. The molecule has 0 amide bonds. The van der Waals surface area contributed by atoms with E-state index in [-0.39, 0.29) is 11.0 Å². The molecule has 1 saturated heterocycles. The Balaban J connectivity index is 2.28. The molecule has 7 heteroatoms. The number of hydrogen-bond donors (Lipinski definition) is 1. The van der Waals surface area contributed by atoms with E-state index in [1.54, 1.807) is 12.1 Å². The fourth-order valence-corrected chi connectivity index (χ4v) is 4.71. The summed E-state index contributed by atoms with van der Waals surface area (Å²) in [5.74, 6) is 0. The lowest BCUT2D eigenvalue weighted by atomic mass is 10.2. The van der Waals surface area contributed by atoms with Crippen LogP contribution in [0.2, 0.25) is 0 Å². The first-order chi connectivity index (χ1) is 9.45. The summed E-state index contributed by atoms with van der Waals surface area (Å²) in [5.41, 5.74) is 6.13. The van der Waals surface area contributed by atoms with Crippen LogP contribution < -0.4 is 5.73 Å². The largest absolute Gasteiger partial charge is 0.399 e. The van der Waals surface area contributed by atoms with E-state index in [1.807, 2.05) is 6.92 Å². The number of anilines is 1. The highest BCUT2D eigenvalue weighted by atomic mass is 79.9. The second kappa shape index (κ2) is 6.43. The van der Waals surface area contributed by atoms with Gasteiger partial charge >= 0.3 is 0 Å². The Kier molecular flexibility index (Phi) is 5.06. The first-order valence-electron chi connectivity index (χ1n) is 6.62. The first kappa shape index (κ1) is 15.8. The molecule has 0 aromatic heterocycles. The van der Waals surface area contributed by atoms with E-state index < -0.39 is 10.0 Å². The van der Waals surface area contributed by atoms with Crippen molar-refractivity contribution >= 4 is 31.6 Å². The Labute approximate surface area is 128 Å². The molecule has 2 rings (SSSR count). The number of hydrogen-bond acceptors (Lipinski definition) is 4. The molecule has 1 fully saturated rings. The second-order valence-electron chi connectivity index (χ2n) is 4.78. The summed E-state index contributed by atoms with van der Waals surface area (Å²) in [6.07, 6.45) is 1.89. The van der Waals surface area contributed by atoms with Gasteiger partial charge in [0.05, 0.1) is 11.0 Å². The predicted molar refractivity (Wildman–Crippen MR) is 82.0 cm³/mol. The molecule has 0 spiro atoms. The Hall–Kier alpha value is -0.630. The number of nitrogens with zero attached hydrogens (tertiary/aromatic N) is 1. The molecule has 1 aromatic rings. The zero-order valence-electron chi connectivity index (χ0n) is 11.4. The minimum absolute atomic E-state index is 0.00967. The van der Waals surface area contributed by atoms with E-state index in [4.69, 9.17) is 10.5 Å². The lowest BCUT2D eigenvalue weighted by Crippen LogP contribution is -2.37. The molecule has 0 radical (unpaired) electrons. The van der Waals surface area contributed by atoms with Crippen molar-refractivity contribution in [1.29, 1.82) is 0 Å². The van der Waals surface area contributed by atoms with Crippen LogP contribution in [-0.2, 0) is 14.8 Å². The van der Waals surface area contributed by atoms with Crippen LogP contribution in [0.3, 0.4) is 0 Å². The van der Waals surface area contributed by atoms with Gasteiger partial charge in [-0.1, -0.05) is 6.92 Å². The van der Waals surface area contributed by atoms with Gasteiger partial charge in [-0.2, -0.15) is 4.31 Å². The van der Waals surface area contributed by atoms with Gasteiger partial charge in [-0.25, -0.2) is 8.42 Å². The second-order valence-corrected chi connectivity index (χ2v) is 7.54. The summed E-state index contributed by atoms with van der Waals surface area (Å²) in [4.78, 5) is 0.206. The minimum Gasteiger partial charge on any atom is -0.399 e. The van der Waals surface area contributed by atoms with Crippen molar-refractivity contribution in [2.24, 2.45) is 0 Å². The Morgan fingerprint density at radius 1 is 1.50 bits per heavy atom. The molecule has 20 heavy (non-hydrogen) atoms. The van der Waals surface area contributed by atoms with Gasteiger partial charge in [0, 0.05) is 29.9 Å². The molecule has 1 aliphatic heterocycles. The van der Waals surface area contributed by atoms with Gasteiger partial charge in [-0.15, -0.1) is 0 Å². The average molecular weight is 363 g/mol. The third kappa shape index (κ3) is 3.33. The highest BCUT2D eigenvalue weighted by Gasteiger charge is 2.29. The van der Waals surface area contributed by atoms with Gasteiger partial charge in [-0.3, -0.25) is 0 Å². The maximum atomic E-state index is 12.7. The molecule has 1 heterocycles. The standard InChI is InChI=1S/C13H19BrN2O3S/c1-2-16(9-11-4-3-7-19-11)20(17,18)13-8-10(15)5-6-12(13)14/h5-6,8,11H,2-4,7,9,15H2,1H3. The van der Waals surface area contributed by atoms with Gasteiger partial charge in [-0.05, 0) is 47.0 Å². The van der Waals surface area contributed by atoms with E-state index in [0.29, 0.717) is 29.9 Å². The Morgan fingerprint density at radius 2 is 2.25 bits per heavy atom. The van der Waals surface area contributed by atoms with Crippen molar-refractivity contribution < 1.29 is 13.2 Å². The van der Waals surface area contributed by atoms with E-state index in [0.717, 1.165) is 12.8 Å². The SMILES string of the molecule is CCN(CC1CCCO1)S(=O)(=O)c1cc(N)ccc1Br.